The van der Waals surface area contributed by atoms with Gasteiger partial charge in [-0.2, -0.15) is 0 Å². The van der Waals surface area contributed by atoms with Crippen molar-refractivity contribution in [2.24, 2.45) is 5.92 Å². The minimum absolute atomic E-state index is 0. The normalized spacial score (nSPS) is 11.2. The summed E-state index contributed by atoms with van der Waals surface area (Å²) in [6.07, 6.45) is 38.4. The molecule has 1 nitrogen and oxygen atoms in total. The van der Waals surface area contributed by atoms with Gasteiger partial charge >= 0.3 is 0 Å². The lowest BCUT2D eigenvalue weighted by atomic mass is 10.0. The zero-order valence-corrected chi connectivity index (χ0v) is 22.5. The van der Waals surface area contributed by atoms with Crippen molar-refractivity contribution >= 4 is 0 Å². The van der Waals surface area contributed by atoms with E-state index in [4.69, 9.17) is 0 Å². The van der Waals surface area contributed by atoms with Gasteiger partial charge in [-0.3, -0.25) is 0 Å². The fourth-order valence-corrected chi connectivity index (χ4v) is 4.69. The van der Waals surface area contributed by atoms with E-state index in [1.807, 2.05) is 0 Å². The van der Waals surface area contributed by atoms with Crippen molar-refractivity contribution in [3.05, 3.63) is 0 Å². The molecule has 0 aliphatic rings. The molecule has 0 aromatic carbocycles. The Morgan fingerprint density at radius 2 is 0.516 bits per heavy atom. The summed E-state index contributed by atoms with van der Waals surface area (Å²) in [6, 6.07) is 0. The van der Waals surface area contributed by atoms with Crippen LogP contribution in [0.1, 0.15) is 188 Å². The highest BCUT2D eigenvalue weighted by Gasteiger charge is 1.97. The Kier molecular flexibility index (Phi) is 32.0. The summed E-state index contributed by atoms with van der Waals surface area (Å²) in [5.74, 6) is 0.898. The third-order valence-electron chi connectivity index (χ3n) is 6.89. The lowest BCUT2D eigenvalue weighted by Crippen LogP contribution is -1.87. The van der Waals surface area contributed by atoms with Gasteiger partial charge in [-0.1, -0.05) is 188 Å². The minimum Gasteiger partial charge on any atom is -0.412 e. The third-order valence-corrected chi connectivity index (χ3v) is 6.89. The van der Waals surface area contributed by atoms with Gasteiger partial charge < -0.3 is 5.48 Å². The van der Waals surface area contributed by atoms with E-state index < -0.39 is 0 Å². The Morgan fingerprint density at radius 1 is 0.323 bits per heavy atom. The standard InChI is InChI=1S/C30H62.H2O/c1-4-5-6-7-8-9-10-11-12-13-14-15-16-17-18-19-20-21-22-23-24-25-26-27-28-29-30(2)3;/h30H,4-29H2,1-3H3;1H2. The largest absolute Gasteiger partial charge is 0.412 e. The molecule has 0 saturated heterocycles. The van der Waals surface area contributed by atoms with Crippen LogP contribution < -0.4 is 0 Å². The Morgan fingerprint density at radius 3 is 0.710 bits per heavy atom. The first-order valence-corrected chi connectivity index (χ1v) is 14.8. The summed E-state index contributed by atoms with van der Waals surface area (Å²) in [4.78, 5) is 0. The highest BCUT2D eigenvalue weighted by molar-refractivity contribution is 4.52. The molecule has 1 heteroatoms. The van der Waals surface area contributed by atoms with Crippen LogP contribution in [0.5, 0.6) is 0 Å². The van der Waals surface area contributed by atoms with Crippen LogP contribution in [-0.2, 0) is 0 Å². The van der Waals surface area contributed by atoms with Crippen LogP contribution in [0.4, 0.5) is 0 Å². The van der Waals surface area contributed by atoms with Crippen molar-refractivity contribution in [2.75, 3.05) is 0 Å². The van der Waals surface area contributed by atoms with Crippen LogP contribution in [0.15, 0.2) is 0 Å². The maximum atomic E-state index is 2.35. The molecule has 31 heavy (non-hydrogen) atoms. The molecule has 190 valence electrons. The van der Waals surface area contributed by atoms with E-state index in [-0.39, 0.29) is 5.48 Å². The second-order valence-corrected chi connectivity index (χ2v) is 10.7. The highest BCUT2D eigenvalue weighted by Crippen LogP contribution is 2.16. The van der Waals surface area contributed by atoms with Gasteiger partial charge in [0.2, 0.25) is 0 Å². The van der Waals surface area contributed by atoms with Crippen molar-refractivity contribution in [3.8, 4) is 0 Å². The molecule has 0 aliphatic heterocycles. The van der Waals surface area contributed by atoms with Crippen molar-refractivity contribution in [2.45, 2.75) is 188 Å². The fraction of sp³-hybridized carbons (Fsp3) is 1.00. The van der Waals surface area contributed by atoms with Gasteiger partial charge in [0.25, 0.3) is 0 Å². The van der Waals surface area contributed by atoms with Crippen molar-refractivity contribution in [1.82, 2.24) is 0 Å². The summed E-state index contributed by atoms with van der Waals surface area (Å²) in [6.45, 7) is 7.00. The van der Waals surface area contributed by atoms with Crippen LogP contribution in [0.3, 0.4) is 0 Å². The average molecular weight is 441 g/mol. The van der Waals surface area contributed by atoms with Gasteiger partial charge in [-0.25, -0.2) is 0 Å². The molecule has 0 aromatic rings. The summed E-state index contributed by atoms with van der Waals surface area (Å²) in [7, 11) is 0. The van der Waals surface area contributed by atoms with Gasteiger partial charge in [0.15, 0.2) is 0 Å². The van der Waals surface area contributed by atoms with E-state index in [1.165, 1.54) is 167 Å². The van der Waals surface area contributed by atoms with Gasteiger partial charge in [-0.15, -0.1) is 0 Å². The van der Waals surface area contributed by atoms with Crippen LogP contribution in [0.25, 0.3) is 0 Å². The van der Waals surface area contributed by atoms with Gasteiger partial charge in [0.1, 0.15) is 0 Å². The zero-order valence-electron chi connectivity index (χ0n) is 22.5. The molecule has 0 fully saturated rings. The molecule has 0 amide bonds. The lowest BCUT2D eigenvalue weighted by Gasteiger charge is -2.05. The minimum atomic E-state index is 0. The summed E-state index contributed by atoms with van der Waals surface area (Å²) in [5, 5.41) is 0. The number of rotatable bonds is 26. The van der Waals surface area contributed by atoms with Crippen molar-refractivity contribution in [3.63, 3.8) is 0 Å². The van der Waals surface area contributed by atoms with Crippen molar-refractivity contribution < 1.29 is 5.48 Å². The monoisotopic (exact) mass is 440 g/mol. The highest BCUT2D eigenvalue weighted by atomic mass is 16.0. The number of hydrogen-bond donors (Lipinski definition) is 0. The average Bonchev–Trinajstić information content (AvgIpc) is 2.73. The fourth-order valence-electron chi connectivity index (χ4n) is 4.69. The molecule has 0 aliphatic carbocycles. The smallest absolute Gasteiger partial charge is 0.0471 e. The third kappa shape index (κ3) is 32.2. The molecule has 0 spiro atoms. The summed E-state index contributed by atoms with van der Waals surface area (Å²) in [5.41, 5.74) is 0. The Hall–Kier alpha value is -0.0400. The van der Waals surface area contributed by atoms with E-state index >= 15 is 0 Å². The lowest BCUT2D eigenvalue weighted by molar-refractivity contribution is 0.500. The number of hydrogen-bond acceptors (Lipinski definition) is 0. The molecule has 0 saturated carbocycles. The van der Waals surface area contributed by atoms with Crippen LogP contribution >= 0.6 is 0 Å². The molecule has 0 atom stereocenters. The van der Waals surface area contributed by atoms with Gasteiger partial charge in [0, 0.05) is 0 Å². The van der Waals surface area contributed by atoms with Crippen LogP contribution in [-0.4, -0.2) is 5.48 Å². The molecule has 2 N–H and O–H groups in total. The van der Waals surface area contributed by atoms with Crippen LogP contribution in [0.2, 0.25) is 0 Å². The second kappa shape index (κ2) is 30.0. The van der Waals surface area contributed by atoms with Gasteiger partial charge in [-0.05, 0) is 5.92 Å². The molecular weight excluding hydrogens is 376 g/mol. The Bertz CT molecular complexity index is 286. The van der Waals surface area contributed by atoms with E-state index in [0.29, 0.717) is 0 Å². The van der Waals surface area contributed by atoms with E-state index in [2.05, 4.69) is 20.8 Å². The first-order valence-electron chi connectivity index (χ1n) is 14.8. The molecule has 0 radical (unpaired) electrons. The van der Waals surface area contributed by atoms with Crippen molar-refractivity contribution in [1.29, 1.82) is 0 Å². The topological polar surface area (TPSA) is 31.5 Å². The van der Waals surface area contributed by atoms with Gasteiger partial charge in [0.05, 0.1) is 0 Å². The Balaban J connectivity index is 0. The molecule has 0 aromatic heterocycles. The maximum Gasteiger partial charge on any atom is -0.0471 e. The van der Waals surface area contributed by atoms with E-state index in [0.717, 1.165) is 5.92 Å². The quantitative estimate of drug-likeness (QED) is 0.120. The SMILES string of the molecule is CCCCCCCCCCCCCCCCCCCCCCCCCCCC(C)C.O. The molecular formula is C30H64O. The first kappa shape index (κ1) is 33.1. The zero-order chi connectivity index (χ0) is 22.0. The van der Waals surface area contributed by atoms with E-state index in [1.54, 1.807) is 0 Å². The second-order valence-electron chi connectivity index (χ2n) is 10.7. The van der Waals surface area contributed by atoms with E-state index in [9.17, 15) is 0 Å². The summed E-state index contributed by atoms with van der Waals surface area (Å²) >= 11 is 0. The molecule has 0 bridgehead atoms. The number of unbranched alkanes of at least 4 members (excludes halogenated alkanes) is 24. The predicted octanol–water partition coefficient (Wildman–Crippen LogP) is 11.0. The first-order chi connectivity index (χ1) is 14.8. The molecule has 0 unspecified atom stereocenters. The molecule has 0 heterocycles. The summed E-state index contributed by atoms with van der Waals surface area (Å²) < 4.78 is 0. The Labute approximate surface area is 199 Å². The maximum absolute atomic E-state index is 2.35. The molecule has 0 rings (SSSR count). The predicted molar refractivity (Wildman–Crippen MR) is 144 cm³/mol. The van der Waals surface area contributed by atoms with Crippen LogP contribution in [0, 0.1) is 5.92 Å².